The minimum atomic E-state index is 0.154. The van der Waals surface area contributed by atoms with Crippen molar-refractivity contribution in [3.63, 3.8) is 0 Å². The van der Waals surface area contributed by atoms with Crippen LogP contribution in [0.4, 0.5) is 11.4 Å². The molecule has 1 aromatic carbocycles. The molecule has 0 atom stereocenters. The number of nitrogen functional groups attached to an aromatic ring is 1. The molecule has 0 radical (unpaired) electrons. The fourth-order valence-electron chi connectivity index (χ4n) is 2.33. The Kier molecular flexibility index (Phi) is 3.67. The van der Waals surface area contributed by atoms with Gasteiger partial charge in [0.1, 0.15) is 0 Å². The van der Waals surface area contributed by atoms with E-state index in [1.807, 2.05) is 12.1 Å². The third-order valence-electron chi connectivity index (χ3n) is 3.56. The molecule has 1 aromatic rings. The van der Waals surface area contributed by atoms with Crippen molar-refractivity contribution in [1.29, 1.82) is 0 Å². The van der Waals surface area contributed by atoms with E-state index in [1.54, 1.807) is 12.1 Å². The Morgan fingerprint density at radius 1 is 1.18 bits per heavy atom. The quantitative estimate of drug-likeness (QED) is 0.770. The summed E-state index contributed by atoms with van der Waals surface area (Å²) in [4.78, 5) is 12.0. The zero-order valence-corrected chi connectivity index (χ0v) is 10.3. The second kappa shape index (κ2) is 5.21. The van der Waals surface area contributed by atoms with Crippen LogP contribution in [0.1, 0.15) is 32.6 Å². The van der Waals surface area contributed by atoms with Gasteiger partial charge in [-0.25, -0.2) is 0 Å². The number of carbonyl (C=O) groups is 1. The molecule has 2 rings (SSSR count). The molecule has 17 heavy (non-hydrogen) atoms. The Morgan fingerprint density at radius 3 is 2.35 bits per heavy atom. The van der Waals surface area contributed by atoms with Gasteiger partial charge in [-0.05, 0) is 55.9 Å². The molecule has 3 heteroatoms. The molecule has 0 heterocycles. The molecule has 0 aliphatic heterocycles. The summed E-state index contributed by atoms with van der Waals surface area (Å²) in [7, 11) is 0. The molecule has 1 aliphatic carbocycles. The van der Waals surface area contributed by atoms with E-state index in [0.717, 1.165) is 30.1 Å². The smallest absolute Gasteiger partial charge is 0.227 e. The van der Waals surface area contributed by atoms with Gasteiger partial charge < -0.3 is 11.1 Å². The fourth-order valence-corrected chi connectivity index (χ4v) is 2.33. The second-order valence-corrected chi connectivity index (χ2v) is 5.07. The lowest BCUT2D eigenvalue weighted by Gasteiger charge is -2.25. The fraction of sp³-hybridized carbons (Fsp3) is 0.500. The highest BCUT2D eigenvalue weighted by Gasteiger charge is 2.24. The molecule has 1 amide bonds. The summed E-state index contributed by atoms with van der Waals surface area (Å²) in [6.07, 6.45) is 4.36. The van der Waals surface area contributed by atoms with Crippen LogP contribution in [-0.4, -0.2) is 5.91 Å². The molecule has 92 valence electrons. The van der Waals surface area contributed by atoms with Crippen molar-refractivity contribution in [2.24, 2.45) is 11.8 Å². The molecule has 3 N–H and O–H groups in total. The van der Waals surface area contributed by atoms with Crippen molar-refractivity contribution in [3.05, 3.63) is 24.3 Å². The van der Waals surface area contributed by atoms with E-state index in [-0.39, 0.29) is 11.8 Å². The number of carbonyl (C=O) groups excluding carboxylic acids is 1. The van der Waals surface area contributed by atoms with Crippen molar-refractivity contribution in [3.8, 4) is 0 Å². The minimum absolute atomic E-state index is 0.154. The van der Waals surface area contributed by atoms with Gasteiger partial charge in [-0.2, -0.15) is 0 Å². The van der Waals surface area contributed by atoms with Gasteiger partial charge >= 0.3 is 0 Å². The van der Waals surface area contributed by atoms with Crippen molar-refractivity contribution in [1.82, 2.24) is 0 Å². The Balaban J connectivity index is 1.90. The number of benzene rings is 1. The van der Waals surface area contributed by atoms with Crippen molar-refractivity contribution < 1.29 is 4.79 Å². The number of anilines is 2. The number of nitrogens with two attached hydrogens (primary N) is 1. The van der Waals surface area contributed by atoms with Crippen molar-refractivity contribution >= 4 is 17.3 Å². The van der Waals surface area contributed by atoms with E-state index in [0.29, 0.717) is 0 Å². The first-order valence-electron chi connectivity index (χ1n) is 6.31. The van der Waals surface area contributed by atoms with Gasteiger partial charge in [-0.1, -0.05) is 6.92 Å². The van der Waals surface area contributed by atoms with Gasteiger partial charge in [0.25, 0.3) is 0 Å². The molecular weight excluding hydrogens is 212 g/mol. The first kappa shape index (κ1) is 12.0. The Hall–Kier alpha value is -1.51. The molecule has 0 aromatic heterocycles. The number of hydrogen-bond acceptors (Lipinski definition) is 2. The maximum Gasteiger partial charge on any atom is 0.227 e. The molecule has 1 saturated carbocycles. The monoisotopic (exact) mass is 232 g/mol. The molecule has 0 bridgehead atoms. The maximum atomic E-state index is 12.0. The molecule has 0 spiro atoms. The van der Waals surface area contributed by atoms with Crippen LogP contribution < -0.4 is 11.1 Å². The van der Waals surface area contributed by atoms with Gasteiger partial charge in [-0.3, -0.25) is 4.79 Å². The largest absolute Gasteiger partial charge is 0.399 e. The number of nitrogens with one attached hydrogen (secondary N) is 1. The maximum absolute atomic E-state index is 12.0. The van der Waals surface area contributed by atoms with Crippen LogP contribution in [0.15, 0.2) is 24.3 Å². The average molecular weight is 232 g/mol. The van der Waals surface area contributed by atoms with Crippen molar-refractivity contribution in [2.45, 2.75) is 32.6 Å². The van der Waals surface area contributed by atoms with Crippen LogP contribution in [0, 0.1) is 11.8 Å². The zero-order chi connectivity index (χ0) is 12.3. The molecular formula is C14H20N2O. The first-order chi connectivity index (χ1) is 8.15. The van der Waals surface area contributed by atoms with E-state index >= 15 is 0 Å². The van der Waals surface area contributed by atoms with E-state index in [1.165, 1.54) is 12.8 Å². The second-order valence-electron chi connectivity index (χ2n) is 5.07. The molecule has 0 saturated heterocycles. The number of hydrogen-bond donors (Lipinski definition) is 2. The van der Waals surface area contributed by atoms with E-state index < -0.39 is 0 Å². The third-order valence-corrected chi connectivity index (χ3v) is 3.56. The average Bonchev–Trinajstić information content (AvgIpc) is 2.33. The van der Waals surface area contributed by atoms with E-state index in [2.05, 4.69) is 12.2 Å². The summed E-state index contributed by atoms with van der Waals surface area (Å²) >= 11 is 0. The number of rotatable bonds is 2. The topological polar surface area (TPSA) is 55.1 Å². The molecule has 1 fully saturated rings. The summed E-state index contributed by atoms with van der Waals surface area (Å²) in [5, 5.41) is 2.96. The molecule has 0 unspecified atom stereocenters. The Labute approximate surface area is 102 Å². The van der Waals surface area contributed by atoms with Gasteiger partial charge in [0.15, 0.2) is 0 Å². The van der Waals surface area contributed by atoms with Crippen LogP contribution in [0.5, 0.6) is 0 Å². The predicted octanol–water partition coefficient (Wildman–Crippen LogP) is 3.03. The van der Waals surface area contributed by atoms with Crippen LogP contribution in [-0.2, 0) is 4.79 Å². The van der Waals surface area contributed by atoms with Crippen molar-refractivity contribution in [2.75, 3.05) is 11.1 Å². The Bertz CT molecular complexity index is 378. The normalized spacial score (nSPS) is 24.3. The lowest BCUT2D eigenvalue weighted by molar-refractivity contribution is -0.121. The minimum Gasteiger partial charge on any atom is -0.399 e. The third kappa shape index (κ3) is 3.22. The highest BCUT2D eigenvalue weighted by molar-refractivity contribution is 5.92. The van der Waals surface area contributed by atoms with Gasteiger partial charge in [0.2, 0.25) is 5.91 Å². The molecule has 1 aliphatic rings. The standard InChI is InChI=1S/C14H20N2O/c1-10-2-4-11(5-3-10)14(17)16-13-8-6-12(15)7-9-13/h6-11H,2-5,15H2,1H3,(H,16,17). The summed E-state index contributed by atoms with van der Waals surface area (Å²) in [5.74, 6) is 1.11. The summed E-state index contributed by atoms with van der Waals surface area (Å²) in [6.45, 7) is 2.26. The lowest BCUT2D eigenvalue weighted by Crippen LogP contribution is -2.26. The van der Waals surface area contributed by atoms with Crippen LogP contribution in [0.2, 0.25) is 0 Å². The summed E-state index contributed by atoms with van der Waals surface area (Å²) in [6, 6.07) is 7.30. The van der Waals surface area contributed by atoms with E-state index in [4.69, 9.17) is 5.73 Å². The highest BCUT2D eigenvalue weighted by Crippen LogP contribution is 2.29. The summed E-state index contributed by atoms with van der Waals surface area (Å²) in [5.41, 5.74) is 7.16. The van der Waals surface area contributed by atoms with Crippen LogP contribution in [0.3, 0.4) is 0 Å². The predicted molar refractivity (Wildman–Crippen MR) is 70.6 cm³/mol. The highest BCUT2D eigenvalue weighted by atomic mass is 16.1. The van der Waals surface area contributed by atoms with Gasteiger partial charge in [0, 0.05) is 17.3 Å². The first-order valence-corrected chi connectivity index (χ1v) is 6.31. The SMILES string of the molecule is CC1CCC(C(=O)Nc2ccc(N)cc2)CC1. The molecule has 3 nitrogen and oxygen atoms in total. The van der Waals surface area contributed by atoms with Crippen LogP contribution in [0.25, 0.3) is 0 Å². The zero-order valence-electron chi connectivity index (χ0n) is 10.3. The summed E-state index contributed by atoms with van der Waals surface area (Å²) < 4.78 is 0. The van der Waals surface area contributed by atoms with E-state index in [9.17, 15) is 4.79 Å². The van der Waals surface area contributed by atoms with Gasteiger partial charge in [0.05, 0.1) is 0 Å². The van der Waals surface area contributed by atoms with Crippen LogP contribution >= 0.6 is 0 Å². The number of amides is 1. The Morgan fingerprint density at radius 2 is 1.76 bits per heavy atom. The van der Waals surface area contributed by atoms with Gasteiger partial charge in [-0.15, -0.1) is 0 Å². The lowest BCUT2D eigenvalue weighted by atomic mass is 9.82.